The third kappa shape index (κ3) is 4.91. The van der Waals surface area contributed by atoms with E-state index in [1.807, 2.05) is 33.8 Å². The van der Waals surface area contributed by atoms with Gasteiger partial charge in [0.1, 0.15) is 0 Å². The Kier molecular flexibility index (Phi) is 5.90. The summed E-state index contributed by atoms with van der Waals surface area (Å²) in [6, 6.07) is 1.96. The van der Waals surface area contributed by atoms with Crippen molar-refractivity contribution in [3.8, 4) is 11.8 Å². The van der Waals surface area contributed by atoms with E-state index in [4.69, 9.17) is 9.31 Å². The first-order valence-corrected chi connectivity index (χ1v) is 6.21. The fourth-order valence-corrected chi connectivity index (χ4v) is 1.48. The molecule has 0 bridgehead atoms. The molecule has 0 fully saturated rings. The quantitative estimate of drug-likeness (QED) is 0.587. The average molecular weight is 245 g/mol. The first kappa shape index (κ1) is 14.8. The summed E-state index contributed by atoms with van der Waals surface area (Å²) in [5, 5.41) is 0. The smallest absolute Gasteiger partial charge is 0.405 e. The zero-order valence-corrected chi connectivity index (χ0v) is 11.7. The molecular formula is C14H20BNO2. The first-order valence-electron chi connectivity index (χ1n) is 6.21. The third-order valence-electron chi connectivity index (χ3n) is 2.09. The lowest BCUT2D eigenvalue weighted by molar-refractivity contribution is 0.139. The second-order valence-corrected chi connectivity index (χ2v) is 4.58. The van der Waals surface area contributed by atoms with Crippen molar-refractivity contribution in [1.82, 2.24) is 4.98 Å². The van der Waals surface area contributed by atoms with Gasteiger partial charge in [-0.05, 0) is 40.7 Å². The molecule has 0 spiro atoms. The van der Waals surface area contributed by atoms with E-state index in [1.165, 1.54) is 0 Å². The molecule has 1 heterocycles. The van der Waals surface area contributed by atoms with Crippen molar-refractivity contribution in [2.75, 3.05) is 0 Å². The van der Waals surface area contributed by atoms with E-state index >= 15 is 0 Å². The second kappa shape index (κ2) is 7.20. The Morgan fingerprint density at radius 1 is 1.11 bits per heavy atom. The van der Waals surface area contributed by atoms with Crippen molar-refractivity contribution in [2.24, 2.45) is 0 Å². The van der Waals surface area contributed by atoms with Crippen molar-refractivity contribution < 1.29 is 9.31 Å². The van der Waals surface area contributed by atoms with Gasteiger partial charge in [-0.1, -0.05) is 5.92 Å². The van der Waals surface area contributed by atoms with E-state index in [9.17, 15) is 0 Å². The summed E-state index contributed by atoms with van der Waals surface area (Å²) in [4.78, 5) is 4.18. The molecule has 1 aromatic heterocycles. The molecule has 96 valence electrons. The Bertz CT molecular complexity index is 425. The van der Waals surface area contributed by atoms with Crippen LogP contribution in [0.2, 0.25) is 0 Å². The average Bonchev–Trinajstić information content (AvgIpc) is 2.28. The number of hydrogen-bond donors (Lipinski definition) is 0. The van der Waals surface area contributed by atoms with Gasteiger partial charge < -0.3 is 9.31 Å². The van der Waals surface area contributed by atoms with Crippen molar-refractivity contribution in [2.45, 2.75) is 46.8 Å². The predicted octanol–water partition coefficient (Wildman–Crippen LogP) is 2.00. The molecule has 1 aromatic rings. The highest BCUT2D eigenvalue weighted by Crippen LogP contribution is 2.02. The van der Waals surface area contributed by atoms with Crippen LogP contribution in [-0.4, -0.2) is 24.3 Å². The summed E-state index contributed by atoms with van der Waals surface area (Å²) >= 11 is 0. The highest BCUT2D eigenvalue weighted by atomic mass is 16.6. The van der Waals surface area contributed by atoms with Gasteiger partial charge in [-0.25, -0.2) is 0 Å². The van der Waals surface area contributed by atoms with Gasteiger partial charge in [-0.15, -0.1) is 5.92 Å². The fourth-order valence-electron chi connectivity index (χ4n) is 1.48. The molecule has 0 amide bonds. The molecule has 0 atom stereocenters. The highest BCUT2D eigenvalue weighted by molar-refractivity contribution is 6.61. The van der Waals surface area contributed by atoms with Crippen LogP contribution >= 0.6 is 0 Å². The van der Waals surface area contributed by atoms with E-state index in [2.05, 4.69) is 16.8 Å². The van der Waals surface area contributed by atoms with Crippen LogP contribution in [-0.2, 0) is 9.31 Å². The van der Waals surface area contributed by atoms with Gasteiger partial charge >= 0.3 is 7.12 Å². The van der Waals surface area contributed by atoms with E-state index < -0.39 is 7.12 Å². The number of hydrogen-bond acceptors (Lipinski definition) is 3. The van der Waals surface area contributed by atoms with Crippen LogP contribution in [0.3, 0.4) is 0 Å². The van der Waals surface area contributed by atoms with Gasteiger partial charge in [0.05, 0.1) is 0 Å². The normalized spacial score (nSPS) is 10.4. The molecule has 18 heavy (non-hydrogen) atoms. The van der Waals surface area contributed by atoms with Crippen LogP contribution in [0.4, 0.5) is 0 Å². The van der Waals surface area contributed by atoms with E-state index in [1.54, 1.807) is 19.3 Å². The van der Waals surface area contributed by atoms with Crippen LogP contribution in [0, 0.1) is 11.8 Å². The summed E-state index contributed by atoms with van der Waals surface area (Å²) in [6.45, 7) is 9.75. The minimum absolute atomic E-state index is 0.0923. The molecule has 4 heteroatoms. The standard InChI is InChI=1S/C14H20BNO2/c1-6-7-13-8-14(10-16-9-13)15(17-11(2)3)18-12(4)5/h8-12H,1-5H3. The van der Waals surface area contributed by atoms with Crippen LogP contribution in [0.15, 0.2) is 18.5 Å². The zero-order chi connectivity index (χ0) is 13.5. The topological polar surface area (TPSA) is 31.4 Å². The Labute approximate surface area is 110 Å². The number of rotatable bonds is 5. The highest BCUT2D eigenvalue weighted by Gasteiger charge is 2.24. The fraction of sp³-hybridized carbons (Fsp3) is 0.500. The number of pyridine rings is 1. The second-order valence-electron chi connectivity index (χ2n) is 4.58. The summed E-state index contributed by atoms with van der Waals surface area (Å²) in [7, 11) is -0.392. The molecule has 0 saturated heterocycles. The number of nitrogens with zero attached hydrogens (tertiary/aromatic N) is 1. The molecule has 0 aliphatic rings. The summed E-state index contributed by atoms with van der Waals surface area (Å²) in [5.41, 5.74) is 1.78. The lowest BCUT2D eigenvalue weighted by Crippen LogP contribution is -2.41. The Morgan fingerprint density at radius 2 is 1.72 bits per heavy atom. The SMILES string of the molecule is CC#Cc1cncc(B(OC(C)C)OC(C)C)c1. The zero-order valence-electron chi connectivity index (χ0n) is 11.7. The maximum absolute atomic E-state index is 5.77. The van der Waals surface area contributed by atoms with Crippen LogP contribution in [0.1, 0.15) is 40.2 Å². The van der Waals surface area contributed by atoms with Gasteiger partial charge in [0.15, 0.2) is 0 Å². The molecule has 0 saturated carbocycles. The molecule has 1 rings (SSSR count). The minimum atomic E-state index is -0.392. The Balaban J connectivity index is 2.95. The minimum Gasteiger partial charge on any atom is -0.405 e. The molecule has 0 radical (unpaired) electrons. The molecule has 0 N–H and O–H groups in total. The number of aromatic nitrogens is 1. The van der Waals surface area contributed by atoms with Crippen molar-refractivity contribution in [1.29, 1.82) is 0 Å². The van der Waals surface area contributed by atoms with Gasteiger partial charge in [0.2, 0.25) is 0 Å². The molecule has 0 unspecified atom stereocenters. The van der Waals surface area contributed by atoms with Gasteiger partial charge in [0.25, 0.3) is 0 Å². The largest absolute Gasteiger partial charge is 0.495 e. The van der Waals surface area contributed by atoms with E-state index in [0.717, 1.165) is 11.0 Å². The summed E-state index contributed by atoms with van der Waals surface area (Å²) in [6.07, 6.45) is 3.68. The van der Waals surface area contributed by atoms with E-state index in [0.29, 0.717) is 0 Å². The molecule has 0 aromatic carbocycles. The predicted molar refractivity (Wildman–Crippen MR) is 74.6 cm³/mol. The van der Waals surface area contributed by atoms with Gasteiger partial charge in [0, 0.05) is 35.6 Å². The monoisotopic (exact) mass is 245 g/mol. The molecule has 0 aliphatic carbocycles. The Morgan fingerprint density at radius 3 is 2.22 bits per heavy atom. The molecule has 3 nitrogen and oxygen atoms in total. The maximum Gasteiger partial charge on any atom is 0.495 e. The van der Waals surface area contributed by atoms with E-state index in [-0.39, 0.29) is 12.2 Å². The first-order chi connectivity index (χ1) is 8.52. The van der Waals surface area contributed by atoms with Gasteiger partial charge in [-0.2, -0.15) is 0 Å². The lowest BCUT2D eigenvalue weighted by Gasteiger charge is -2.19. The maximum atomic E-state index is 5.77. The summed E-state index contributed by atoms with van der Waals surface area (Å²) in [5.74, 6) is 5.85. The van der Waals surface area contributed by atoms with Crippen molar-refractivity contribution in [3.05, 3.63) is 24.0 Å². The van der Waals surface area contributed by atoms with Crippen LogP contribution < -0.4 is 5.46 Å². The molecule has 0 aliphatic heterocycles. The van der Waals surface area contributed by atoms with Crippen LogP contribution in [0.25, 0.3) is 0 Å². The lowest BCUT2D eigenvalue weighted by atomic mass is 9.78. The third-order valence-corrected chi connectivity index (χ3v) is 2.09. The van der Waals surface area contributed by atoms with Crippen LogP contribution in [0.5, 0.6) is 0 Å². The van der Waals surface area contributed by atoms with Gasteiger partial charge in [-0.3, -0.25) is 4.98 Å². The van der Waals surface area contributed by atoms with Crippen molar-refractivity contribution >= 4 is 12.6 Å². The Hall–Kier alpha value is -1.31. The summed E-state index contributed by atoms with van der Waals surface area (Å²) < 4.78 is 11.5. The molecular weight excluding hydrogens is 225 g/mol. The van der Waals surface area contributed by atoms with Crippen molar-refractivity contribution in [3.63, 3.8) is 0 Å².